The molecule has 0 radical (unpaired) electrons. The van der Waals surface area contributed by atoms with Crippen molar-refractivity contribution in [1.29, 1.82) is 0 Å². The summed E-state index contributed by atoms with van der Waals surface area (Å²) in [7, 11) is 0. The molecule has 14 nitrogen and oxygen atoms in total. The zero-order valence-electron chi connectivity index (χ0n) is 18.8. The number of nitrogens with zero attached hydrogens (tertiary/aromatic N) is 2. The number of carboxylic acids is 3. The molecule has 0 spiro atoms. The maximum Gasteiger partial charge on any atom is 0.335 e. The molecule has 2 aromatic carbocycles. The number of non-ortho nitro benzene ring substituents is 1. The van der Waals surface area contributed by atoms with Crippen LogP contribution in [0.5, 0.6) is 0 Å². The monoisotopic (exact) mass is 502 g/mol. The van der Waals surface area contributed by atoms with Crippen LogP contribution in [0.25, 0.3) is 0 Å². The summed E-state index contributed by atoms with van der Waals surface area (Å²) in [6, 6.07) is 8.40. The summed E-state index contributed by atoms with van der Waals surface area (Å²) in [5.41, 5.74) is 0.270. The maximum atomic E-state index is 12.3. The van der Waals surface area contributed by atoms with Gasteiger partial charge in [-0.05, 0) is 30.8 Å². The third-order valence-corrected chi connectivity index (χ3v) is 4.84. The van der Waals surface area contributed by atoms with Gasteiger partial charge < -0.3 is 26.0 Å². The molecule has 190 valence electrons. The first-order chi connectivity index (χ1) is 17.0. The molecule has 0 aromatic heterocycles. The van der Waals surface area contributed by atoms with E-state index >= 15 is 0 Å². The molecule has 1 atom stereocenters. The number of amides is 2. The molecule has 3 rings (SSSR count). The van der Waals surface area contributed by atoms with Gasteiger partial charge in [-0.2, -0.15) is 0 Å². The summed E-state index contributed by atoms with van der Waals surface area (Å²) in [6.45, 7) is 1.98. The average Bonchev–Trinajstić information content (AvgIpc) is 3.06. The number of carboxylic acid groups (broad SMARTS) is 3. The predicted octanol–water partition coefficient (Wildman–Crippen LogP) is 1.48. The Morgan fingerprint density at radius 3 is 2.25 bits per heavy atom. The number of fused-ring (bicyclic) bond motifs is 1. The standard InChI is InChI=1S/C16H11N3O6.C6H11NO4/c20-14-12-5-4-11(19(24)25)7-13(12)15(21)18(14)8-17-10-3-1-2-9(6-10)16(22)23;1-2-7-4(6(10)11)3-5(8)9/h1-7,17H,8H2,(H,22,23);4,7H,2-3H2,1H3,(H,8,9)(H,10,11)/t;4-/m.1/s1. The Kier molecular flexibility index (Phi) is 9.15. The summed E-state index contributed by atoms with van der Waals surface area (Å²) in [5.74, 6) is -4.56. The van der Waals surface area contributed by atoms with E-state index in [0.29, 0.717) is 12.2 Å². The Morgan fingerprint density at radius 2 is 1.69 bits per heavy atom. The van der Waals surface area contributed by atoms with Crippen LogP contribution in [0.1, 0.15) is 44.4 Å². The number of hydrogen-bond donors (Lipinski definition) is 5. The molecule has 1 aliphatic heterocycles. The highest BCUT2D eigenvalue weighted by atomic mass is 16.6. The van der Waals surface area contributed by atoms with Gasteiger partial charge in [0.15, 0.2) is 0 Å². The third-order valence-electron chi connectivity index (χ3n) is 4.84. The minimum absolute atomic E-state index is 0.0275. The highest BCUT2D eigenvalue weighted by Crippen LogP contribution is 2.26. The van der Waals surface area contributed by atoms with Gasteiger partial charge in [-0.25, -0.2) is 4.79 Å². The van der Waals surface area contributed by atoms with Gasteiger partial charge in [0.05, 0.1) is 34.7 Å². The maximum absolute atomic E-state index is 12.3. The second-order valence-electron chi connectivity index (χ2n) is 7.29. The molecule has 0 unspecified atom stereocenters. The van der Waals surface area contributed by atoms with E-state index in [1.165, 1.54) is 24.3 Å². The van der Waals surface area contributed by atoms with Gasteiger partial charge in [0.1, 0.15) is 6.04 Å². The van der Waals surface area contributed by atoms with E-state index in [-0.39, 0.29) is 35.5 Å². The van der Waals surface area contributed by atoms with E-state index in [2.05, 4.69) is 10.6 Å². The number of carbonyl (C=O) groups excluding carboxylic acids is 2. The number of carbonyl (C=O) groups is 5. The SMILES string of the molecule is CCN[C@H](CC(=O)O)C(=O)O.O=C(O)c1cccc(NCN2C(=O)c3ccc([N+](=O)[O-])cc3C2=O)c1. The number of nitro benzene ring substituents is 1. The van der Waals surface area contributed by atoms with Gasteiger partial charge in [-0.15, -0.1) is 0 Å². The van der Waals surface area contributed by atoms with Crippen molar-refractivity contribution in [2.24, 2.45) is 0 Å². The van der Waals surface area contributed by atoms with Crippen molar-refractivity contribution in [2.45, 2.75) is 19.4 Å². The molecule has 1 aliphatic rings. The summed E-state index contributed by atoms with van der Waals surface area (Å²) in [6.07, 6.45) is -0.386. The van der Waals surface area contributed by atoms with E-state index in [4.69, 9.17) is 15.3 Å². The molecule has 2 amide bonds. The number of rotatable bonds is 10. The number of nitro groups is 1. The molecule has 36 heavy (non-hydrogen) atoms. The number of nitrogens with one attached hydrogen (secondary N) is 2. The fourth-order valence-corrected chi connectivity index (χ4v) is 3.14. The van der Waals surface area contributed by atoms with E-state index in [1.807, 2.05) is 0 Å². The topological polar surface area (TPSA) is 216 Å². The molecule has 0 bridgehead atoms. The van der Waals surface area contributed by atoms with Crippen LogP contribution in [0.15, 0.2) is 42.5 Å². The molecule has 0 aliphatic carbocycles. The Bertz CT molecular complexity index is 1210. The van der Waals surface area contributed by atoms with Gasteiger partial charge in [0.2, 0.25) is 0 Å². The molecule has 5 N–H and O–H groups in total. The van der Waals surface area contributed by atoms with Gasteiger partial charge in [0, 0.05) is 17.8 Å². The number of likely N-dealkylation sites (N-methyl/N-ethyl adjacent to an activating group) is 1. The molecule has 14 heteroatoms. The summed E-state index contributed by atoms with van der Waals surface area (Å²) in [5, 5.41) is 41.8. The second-order valence-corrected chi connectivity index (χ2v) is 7.29. The fourth-order valence-electron chi connectivity index (χ4n) is 3.14. The van der Waals surface area contributed by atoms with Crippen LogP contribution in [0.2, 0.25) is 0 Å². The van der Waals surface area contributed by atoms with Crippen LogP contribution >= 0.6 is 0 Å². The summed E-state index contributed by atoms with van der Waals surface area (Å²) < 4.78 is 0. The second kappa shape index (κ2) is 12.0. The number of anilines is 1. The normalized spacial score (nSPS) is 12.8. The lowest BCUT2D eigenvalue weighted by atomic mass is 10.1. The van der Waals surface area contributed by atoms with Crippen LogP contribution in [0.3, 0.4) is 0 Å². The fraction of sp³-hybridized carbons (Fsp3) is 0.227. The number of aromatic carboxylic acids is 1. The van der Waals surface area contributed by atoms with Gasteiger partial charge in [0.25, 0.3) is 17.5 Å². The van der Waals surface area contributed by atoms with Crippen molar-refractivity contribution in [3.05, 3.63) is 69.3 Å². The van der Waals surface area contributed by atoms with Crippen molar-refractivity contribution in [3.63, 3.8) is 0 Å². The quantitative estimate of drug-likeness (QED) is 0.177. The Morgan fingerprint density at radius 1 is 1.03 bits per heavy atom. The lowest BCUT2D eigenvalue weighted by molar-refractivity contribution is -0.384. The summed E-state index contributed by atoms with van der Waals surface area (Å²) in [4.78, 5) is 67.0. The van der Waals surface area contributed by atoms with Crippen LogP contribution in [0, 0.1) is 10.1 Å². The highest BCUT2D eigenvalue weighted by Gasteiger charge is 2.36. The van der Waals surface area contributed by atoms with E-state index in [0.717, 1.165) is 17.0 Å². The van der Waals surface area contributed by atoms with Gasteiger partial charge in [-0.1, -0.05) is 13.0 Å². The molecule has 0 saturated heterocycles. The van der Waals surface area contributed by atoms with Gasteiger partial charge in [-0.3, -0.25) is 34.2 Å². The van der Waals surface area contributed by atoms with Crippen molar-refractivity contribution in [2.75, 3.05) is 18.5 Å². The Hall–Kier alpha value is -4.85. The van der Waals surface area contributed by atoms with E-state index in [1.54, 1.807) is 13.0 Å². The smallest absolute Gasteiger partial charge is 0.335 e. The lowest BCUT2D eigenvalue weighted by Crippen LogP contribution is -2.38. The molecule has 2 aromatic rings. The zero-order valence-corrected chi connectivity index (χ0v) is 18.8. The van der Waals surface area contributed by atoms with Crippen LogP contribution in [-0.2, 0) is 9.59 Å². The average molecular weight is 502 g/mol. The first-order valence-corrected chi connectivity index (χ1v) is 10.4. The molecule has 1 heterocycles. The molecule has 0 fully saturated rings. The molecular weight excluding hydrogens is 480 g/mol. The third kappa shape index (κ3) is 6.83. The molecule has 0 saturated carbocycles. The van der Waals surface area contributed by atoms with E-state index in [9.17, 15) is 34.1 Å². The number of hydrogen-bond acceptors (Lipinski definition) is 9. The number of aliphatic carboxylic acids is 2. The van der Waals surface area contributed by atoms with Crippen molar-refractivity contribution < 1.29 is 44.2 Å². The minimum Gasteiger partial charge on any atom is -0.481 e. The van der Waals surface area contributed by atoms with Crippen LogP contribution in [-0.4, -0.2) is 74.1 Å². The van der Waals surface area contributed by atoms with Crippen molar-refractivity contribution in [1.82, 2.24) is 10.2 Å². The van der Waals surface area contributed by atoms with Crippen LogP contribution < -0.4 is 10.6 Å². The first kappa shape index (κ1) is 27.4. The van der Waals surface area contributed by atoms with E-state index < -0.39 is 40.7 Å². The first-order valence-electron chi connectivity index (χ1n) is 10.4. The zero-order chi connectivity index (χ0) is 27.0. The largest absolute Gasteiger partial charge is 0.481 e. The highest BCUT2D eigenvalue weighted by molar-refractivity contribution is 6.21. The number of imide groups is 1. The molecular formula is C22H22N4O10. The number of benzene rings is 2. The summed E-state index contributed by atoms with van der Waals surface area (Å²) >= 11 is 0. The Balaban J connectivity index is 0.000000352. The van der Waals surface area contributed by atoms with Crippen LogP contribution in [0.4, 0.5) is 11.4 Å². The predicted molar refractivity (Wildman–Crippen MR) is 123 cm³/mol. The van der Waals surface area contributed by atoms with Crippen molar-refractivity contribution in [3.8, 4) is 0 Å². The lowest BCUT2D eigenvalue weighted by Gasteiger charge is -2.15. The van der Waals surface area contributed by atoms with Crippen molar-refractivity contribution >= 4 is 41.1 Å². The van der Waals surface area contributed by atoms with Gasteiger partial charge >= 0.3 is 17.9 Å². The minimum atomic E-state index is -1.13. The Labute approximate surface area is 203 Å².